The molecule has 1 aromatic carbocycles. The highest BCUT2D eigenvalue weighted by Crippen LogP contribution is 2.23. The molecular weight excluding hydrogens is 366 g/mol. The van der Waals surface area contributed by atoms with E-state index in [0.717, 1.165) is 58.4 Å². The van der Waals surface area contributed by atoms with Crippen LogP contribution in [0.5, 0.6) is 0 Å². The van der Waals surface area contributed by atoms with Gasteiger partial charge >= 0.3 is 0 Å². The van der Waals surface area contributed by atoms with Gasteiger partial charge in [0.15, 0.2) is 0 Å². The fraction of sp³-hybridized carbons (Fsp3) is 0.652. The van der Waals surface area contributed by atoms with Crippen molar-refractivity contribution in [3.05, 3.63) is 35.4 Å². The van der Waals surface area contributed by atoms with Crippen molar-refractivity contribution in [1.82, 2.24) is 15.5 Å². The Kier molecular flexibility index (Phi) is 8.07. The first-order valence-corrected chi connectivity index (χ1v) is 10.9. The van der Waals surface area contributed by atoms with Gasteiger partial charge in [-0.05, 0) is 50.2 Å². The largest absolute Gasteiger partial charge is 0.381 e. The van der Waals surface area contributed by atoms with Gasteiger partial charge in [-0.3, -0.25) is 14.5 Å². The first-order chi connectivity index (χ1) is 14.0. The molecule has 29 heavy (non-hydrogen) atoms. The molecule has 0 bridgehead atoms. The third-order valence-electron chi connectivity index (χ3n) is 6.21. The van der Waals surface area contributed by atoms with Crippen molar-refractivity contribution < 1.29 is 14.3 Å². The maximum atomic E-state index is 12.9. The van der Waals surface area contributed by atoms with Gasteiger partial charge < -0.3 is 15.4 Å². The predicted octanol–water partition coefficient (Wildman–Crippen LogP) is 2.05. The quantitative estimate of drug-likeness (QED) is 0.765. The molecule has 1 aromatic rings. The van der Waals surface area contributed by atoms with Gasteiger partial charge in [0.2, 0.25) is 11.8 Å². The minimum Gasteiger partial charge on any atom is -0.381 e. The molecule has 0 spiro atoms. The molecule has 0 aromatic heterocycles. The molecule has 6 nitrogen and oxygen atoms in total. The Morgan fingerprint density at radius 3 is 2.59 bits per heavy atom. The van der Waals surface area contributed by atoms with E-state index in [4.69, 9.17) is 4.74 Å². The van der Waals surface area contributed by atoms with Crippen LogP contribution in [-0.4, -0.2) is 61.6 Å². The second kappa shape index (κ2) is 10.7. The zero-order valence-corrected chi connectivity index (χ0v) is 17.8. The molecule has 2 aliphatic rings. The Hall–Kier alpha value is -1.92. The van der Waals surface area contributed by atoms with Crippen molar-refractivity contribution in [3.8, 4) is 0 Å². The van der Waals surface area contributed by atoms with E-state index in [9.17, 15) is 9.59 Å². The van der Waals surface area contributed by atoms with Crippen LogP contribution in [0.25, 0.3) is 0 Å². The van der Waals surface area contributed by atoms with Crippen LogP contribution in [-0.2, 0) is 20.7 Å². The average Bonchev–Trinajstić information content (AvgIpc) is 2.92. The smallest absolute Gasteiger partial charge is 0.224 e. The first-order valence-electron chi connectivity index (χ1n) is 10.9. The number of nitrogens with zero attached hydrogens (tertiary/aromatic N) is 1. The molecule has 2 atom stereocenters. The van der Waals surface area contributed by atoms with E-state index < -0.39 is 0 Å². The molecule has 6 heteroatoms. The SMILES string of the molecule is CC(=O)N[C@H]1CC[C@@H](C(=O)NCCc2ccccc2C)CN(C2CCOCC2)C1. The molecule has 0 unspecified atom stereocenters. The molecule has 2 fully saturated rings. The fourth-order valence-electron chi connectivity index (χ4n) is 4.55. The van der Waals surface area contributed by atoms with E-state index in [1.807, 2.05) is 12.1 Å². The Morgan fingerprint density at radius 1 is 1.10 bits per heavy atom. The Bertz CT molecular complexity index is 688. The summed E-state index contributed by atoms with van der Waals surface area (Å²) in [5, 5.41) is 6.23. The maximum absolute atomic E-state index is 12.9. The summed E-state index contributed by atoms with van der Waals surface area (Å²) in [6.45, 7) is 7.47. The summed E-state index contributed by atoms with van der Waals surface area (Å²) < 4.78 is 5.52. The molecule has 3 rings (SSSR count). The molecule has 0 radical (unpaired) electrons. The van der Waals surface area contributed by atoms with Crippen LogP contribution in [0.4, 0.5) is 0 Å². The molecule has 160 valence electrons. The highest BCUT2D eigenvalue weighted by Gasteiger charge is 2.32. The number of benzene rings is 1. The molecule has 0 aliphatic carbocycles. The van der Waals surface area contributed by atoms with Crippen molar-refractivity contribution in [2.75, 3.05) is 32.8 Å². The molecule has 0 saturated carbocycles. The molecular formula is C23H35N3O3. The van der Waals surface area contributed by atoms with Crippen LogP contribution >= 0.6 is 0 Å². The van der Waals surface area contributed by atoms with Crippen LogP contribution in [0.1, 0.15) is 43.7 Å². The number of carbonyl (C=O) groups excluding carboxylic acids is 2. The summed E-state index contributed by atoms with van der Waals surface area (Å²) in [6, 6.07) is 8.86. The van der Waals surface area contributed by atoms with Crippen molar-refractivity contribution in [1.29, 1.82) is 0 Å². The van der Waals surface area contributed by atoms with Gasteiger partial charge in [0, 0.05) is 51.9 Å². The highest BCUT2D eigenvalue weighted by molar-refractivity contribution is 5.79. The Labute approximate surface area is 174 Å². The number of hydrogen-bond donors (Lipinski definition) is 2. The topological polar surface area (TPSA) is 70.7 Å². The number of nitrogens with one attached hydrogen (secondary N) is 2. The lowest BCUT2D eigenvalue weighted by atomic mass is 10.00. The molecule has 2 heterocycles. The van der Waals surface area contributed by atoms with Crippen LogP contribution < -0.4 is 10.6 Å². The van der Waals surface area contributed by atoms with Crippen molar-refractivity contribution in [2.24, 2.45) is 5.92 Å². The molecule has 2 N–H and O–H groups in total. The number of amides is 2. The second-order valence-corrected chi connectivity index (χ2v) is 8.44. The summed E-state index contributed by atoms with van der Waals surface area (Å²) in [4.78, 5) is 26.9. The zero-order valence-electron chi connectivity index (χ0n) is 17.8. The fourth-order valence-corrected chi connectivity index (χ4v) is 4.55. The van der Waals surface area contributed by atoms with Gasteiger partial charge in [-0.15, -0.1) is 0 Å². The van der Waals surface area contributed by atoms with Crippen LogP contribution in [0.15, 0.2) is 24.3 Å². The first kappa shape index (κ1) is 21.8. The highest BCUT2D eigenvalue weighted by atomic mass is 16.5. The van der Waals surface area contributed by atoms with Crippen molar-refractivity contribution in [2.45, 2.75) is 58.0 Å². The van der Waals surface area contributed by atoms with E-state index in [2.05, 4.69) is 34.6 Å². The van der Waals surface area contributed by atoms with Gasteiger partial charge in [-0.2, -0.15) is 0 Å². The predicted molar refractivity (Wildman–Crippen MR) is 114 cm³/mol. The van der Waals surface area contributed by atoms with Gasteiger partial charge in [-0.1, -0.05) is 24.3 Å². The van der Waals surface area contributed by atoms with E-state index in [1.54, 1.807) is 6.92 Å². The third kappa shape index (κ3) is 6.54. The molecule has 2 amide bonds. The average molecular weight is 402 g/mol. The normalized spacial score (nSPS) is 23.9. The van der Waals surface area contributed by atoms with Crippen LogP contribution in [0.3, 0.4) is 0 Å². The molecule has 2 aliphatic heterocycles. The lowest BCUT2D eigenvalue weighted by molar-refractivity contribution is -0.126. The van der Waals surface area contributed by atoms with Crippen molar-refractivity contribution in [3.63, 3.8) is 0 Å². The van der Waals surface area contributed by atoms with E-state index in [-0.39, 0.29) is 23.8 Å². The summed E-state index contributed by atoms with van der Waals surface area (Å²) in [5.41, 5.74) is 2.54. The maximum Gasteiger partial charge on any atom is 0.224 e. The third-order valence-corrected chi connectivity index (χ3v) is 6.21. The zero-order chi connectivity index (χ0) is 20.6. The minimum atomic E-state index is -0.0338. The lowest BCUT2D eigenvalue weighted by Crippen LogP contribution is -2.48. The summed E-state index contributed by atoms with van der Waals surface area (Å²) in [7, 11) is 0. The summed E-state index contributed by atoms with van der Waals surface area (Å²) in [6.07, 6.45) is 4.49. The van der Waals surface area contributed by atoms with E-state index in [1.165, 1.54) is 11.1 Å². The summed E-state index contributed by atoms with van der Waals surface area (Å²) >= 11 is 0. The Balaban J connectivity index is 1.58. The Morgan fingerprint density at radius 2 is 1.86 bits per heavy atom. The van der Waals surface area contributed by atoms with Crippen LogP contribution in [0, 0.1) is 12.8 Å². The van der Waals surface area contributed by atoms with E-state index >= 15 is 0 Å². The number of carbonyl (C=O) groups is 2. The second-order valence-electron chi connectivity index (χ2n) is 8.44. The number of hydrogen-bond acceptors (Lipinski definition) is 4. The lowest BCUT2D eigenvalue weighted by Gasteiger charge is -2.36. The van der Waals surface area contributed by atoms with Gasteiger partial charge in [0.05, 0.1) is 5.92 Å². The van der Waals surface area contributed by atoms with Gasteiger partial charge in [0.25, 0.3) is 0 Å². The van der Waals surface area contributed by atoms with Gasteiger partial charge in [0.1, 0.15) is 0 Å². The van der Waals surface area contributed by atoms with Gasteiger partial charge in [-0.25, -0.2) is 0 Å². The van der Waals surface area contributed by atoms with Crippen molar-refractivity contribution >= 4 is 11.8 Å². The number of ether oxygens (including phenoxy) is 1. The minimum absolute atomic E-state index is 0.00283. The number of rotatable bonds is 6. The number of aryl methyl sites for hydroxylation is 1. The summed E-state index contributed by atoms with van der Waals surface area (Å²) in [5.74, 6) is 0.107. The van der Waals surface area contributed by atoms with Crippen LogP contribution in [0.2, 0.25) is 0 Å². The standard InChI is InChI=1S/C23H35N3O3/c1-17-5-3-4-6-19(17)9-12-24-23(28)20-7-8-21(25-18(2)27)16-26(15-20)22-10-13-29-14-11-22/h3-6,20-22H,7-16H2,1-2H3,(H,24,28)(H,25,27)/t20-,21+/m1/s1. The molecule has 2 saturated heterocycles. The number of likely N-dealkylation sites (tertiary alicyclic amines) is 1. The van der Waals surface area contributed by atoms with E-state index in [0.29, 0.717) is 12.6 Å². The monoisotopic (exact) mass is 401 g/mol.